The molecule has 7 heteroatoms. The van der Waals surface area contributed by atoms with Crippen LogP contribution in [-0.2, 0) is 10.0 Å². The third-order valence-electron chi connectivity index (χ3n) is 3.16. The lowest BCUT2D eigenvalue weighted by atomic mass is 10.1. The number of nitrogens with two attached hydrogens (primary N) is 1. The lowest BCUT2D eigenvalue weighted by Crippen LogP contribution is -2.14. The van der Waals surface area contributed by atoms with Crippen LogP contribution in [0.15, 0.2) is 35.2 Å². The monoisotopic (exact) mass is 328 g/mol. The number of nitrogens with one attached hydrogen (secondary N) is 1. The van der Waals surface area contributed by atoms with E-state index in [9.17, 15) is 12.8 Å². The SMILES string of the molecule is Cc1cc(S(=O)(=O)Nc2ccc(Cl)c(F)c2)cc(N)c1C. The molecule has 0 spiro atoms. The van der Waals surface area contributed by atoms with E-state index < -0.39 is 15.8 Å². The predicted octanol–water partition coefficient (Wildman–Crippen LogP) is 3.48. The molecule has 3 N–H and O–H groups in total. The molecule has 0 saturated carbocycles. The maximum atomic E-state index is 13.4. The molecule has 21 heavy (non-hydrogen) atoms. The maximum absolute atomic E-state index is 13.4. The maximum Gasteiger partial charge on any atom is 0.261 e. The number of aryl methyl sites for hydroxylation is 1. The average Bonchev–Trinajstić information content (AvgIpc) is 2.39. The van der Waals surface area contributed by atoms with E-state index in [1.54, 1.807) is 6.92 Å². The van der Waals surface area contributed by atoms with Crippen LogP contribution < -0.4 is 10.5 Å². The Kier molecular flexibility index (Phi) is 4.11. The van der Waals surface area contributed by atoms with Crippen LogP contribution in [0.5, 0.6) is 0 Å². The molecule has 0 unspecified atom stereocenters. The minimum atomic E-state index is -3.84. The van der Waals surface area contributed by atoms with Crippen molar-refractivity contribution in [2.45, 2.75) is 18.7 Å². The van der Waals surface area contributed by atoms with Crippen LogP contribution in [0.2, 0.25) is 5.02 Å². The van der Waals surface area contributed by atoms with Crippen molar-refractivity contribution in [3.05, 3.63) is 52.3 Å². The highest BCUT2D eigenvalue weighted by atomic mass is 35.5. The van der Waals surface area contributed by atoms with Crippen molar-refractivity contribution < 1.29 is 12.8 Å². The first kappa shape index (κ1) is 15.6. The van der Waals surface area contributed by atoms with Gasteiger partial charge in [0, 0.05) is 5.69 Å². The Morgan fingerprint density at radius 1 is 1.19 bits per heavy atom. The van der Waals surface area contributed by atoms with Crippen molar-refractivity contribution >= 4 is 33.0 Å². The Labute approximate surface area is 127 Å². The molecule has 2 rings (SSSR count). The molecule has 0 aliphatic heterocycles. The van der Waals surface area contributed by atoms with Crippen LogP contribution >= 0.6 is 11.6 Å². The van der Waals surface area contributed by atoms with Crippen molar-refractivity contribution in [3.8, 4) is 0 Å². The van der Waals surface area contributed by atoms with Gasteiger partial charge in [0.05, 0.1) is 15.6 Å². The van der Waals surface area contributed by atoms with Crippen LogP contribution in [0.4, 0.5) is 15.8 Å². The minimum absolute atomic E-state index is 0.0264. The fourth-order valence-corrected chi connectivity index (χ4v) is 3.07. The lowest BCUT2D eigenvalue weighted by molar-refractivity contribution is 0.601. The van der Waals surface area contributed by atoms with Gasteiger partial charge in [-0.2, -0.15) is 0 Å². The summed E-state index contributed by atoms with van der Waals surface area (Å²) in [6, 6.07) is 6.57. The van der Waals surface area contributed by atoms with Crippen LogP contribution in [0.3, 0.4) is 0 Å². The molecule has 2 aromatic rings. The molecule has 0 fully saturated rings. The number of hydrogen-bond acceptors (Lipinski definition) is 3. The Bertz CT molecular complexity index is 784. The van der Waals surface area contributed by atoms with E-state index in [1.807, 2.05) is 6.92 Å². The number of anilines is 2. The zero-order valence-corrected chi connectivity index (χ0v) is 13.0. The summed E-state index contributed by atoms with van der Waals surface area (Å²) in [6.07, 6.45) is 0. The van der Waals surface area contributed by atoms with E-state index in [4.69, 9.17) is 17.3 Å². The van der Waals surface area contributed by atoms with Gasteiger partial charge in [0.25, 0.3) is 10.0 Å². The molecule has 0 saturated heterocycles. The van der Waals surface area contributed by atoms with E-state index in [1.165, 1.54) is 24.3 Å². The average molecular weight is 329 g/mol. The fraction of sp³-hybridized carbons (Fsp3) is 0.143. The lowest BCUT2D eigenvalue weighted by Gasteiger charge is -2.12. The molecule has 0 aliphatic carbocycles. The first-order chi connectivity index (χ1) is 9.70. The van der Waals surface area contributed by atoms with Gasteiger partial charge in [0.15, 0.2) is 0 Å². The normalized spacial score (nSPS) is 11.4. The Balaban J connectivity index is 2.40. The highest BCUT2D eigenvalue weighted by molar-refractivity contribution is 7.92. The van der Waals surface area contributed by atoms with Crippen LogP contribution in [0.25, 0.3) is 0 Å². The minimum Gasteiger partial charge on any atom is -0.398 e. The Morgan fingerprint density at radius 2 is 1.86 bits per heavy atom. The highest BCUT2D eigenvalue weighted by Gasteiger charge is 2.17. The standard InChI is InChI=1S/C14H14ClFN2O2S/c1-8-5-11(7-14(17)9(8)2)21(19,20)18-10-3-4-12(15)13(16)6-10/h3-7,18H,17H2,1-2H3. The summed E-state index contributed by atoms with van der Waals surface area (Å²) in [4.78, 5) is 0.0264. The molecule has 4 nitrogen and oxygen atoms in total. The van der Waals surface area contributed by atoms with Gasteiger partial charge in [-0.1, -0.05) is 11.6 Å². The van der Waals surface area contributed by atoms with Crippen LogP contribution in [0, 0.1) is 19.7 Å². The second kappa shape index (κ2) is 5.54. The summed E-state index contributed by atoms with van der Waals surface area (Å²) in [6.45, 7) is 3.58. The van der Waals surface area contributed by atoms with Crippen LogP contribution in [-0.4, -0.2) is 8.42 Å². The van der Waals surface area contributed by atoms with E-state index in [2.05, 4.69) is 4.72 Å². The summed E-state index contributed by atoms with van der Waals surface area (Å²) < 4.78 is 40.2. The van der Waals surface area contributed by atoms with Gasteiger partial charge >= 0.3 is 0 Å². The predicted molar refractivity (Wildman–Crippen MR) is 82.5 cm³/mol. The summed E-state index contributed by atoms with van der Waals surface area (Å²) in [7, 11) is -3.84. The van der Waals surface area contributed by atoms with Gasteiger partial charge in [-0.3, -0.25) is 4.72 Å². The second-order valence-electron chi connectivity index (χ2n) is 4.69. The second-order valence-corrected chi connectivity index (χ2v) is 6.78. The van der Waals surface area contributed by atoms with E-state index in [0.717, 1.165) is 17.2 Å². The molecule has 2 aromatic carbocycles. The summed E-state index contributed by atoms with van der Waals surface area (Å²) >= 11 is 5.56. The number of benzene rings is 2. The molecule has 0 heterocycles. The molecular weight excluding hydrogens is 315 g/mol. The summed E-state index contributed by atoms with van der Waals surface area (Å²) in [5.41, 5.74) is 7.85. The molecule has 0 aliphatic rings. The molecule has 0 amide bonds. The van der Waals surface area contributed by atoms with E-state index in [-0.39, 0.29) is 15.6 Å². The van der Waals surface area contributed by atoms with Gasteiger partial charge < -0.3 is 5.73 Å². The van der Waals surface area contributed by atoms with Crippen LogP contribution in [0.1, 0.15) is 11.1 Å². The summed E-state index contributed by atoms with van der Waals surface area (Å²) in [5, 5.41) is -0.0756. The van der Waals surface area contributed by atoms with Gasteiger partial charge in [-0.15, -0.1) is 0 Å². The van der Waals surface area contributed by atoms with Gasteiger partial charge in [-0.25, -0.2) is 12.8 Å². The third-order valence-corrected chi connectivity index (χ3v) is 4.83. The number of nitrogen functional groups attached to an aromatic ring is 1. The fourth-order valence-electron chi connectivity index (χ4n) is 1.78. The Hall–Kier alpha value is -1.79. The Morgan fingerprint density at radius 3 is 2.43 bits per heavy atom. The zero-order chi connectivity index (χ0) is 15.8. The number of halogens is 2. The van der Waals surface area contributed by atoms with Gasteiger partial charge in [0.2, 0.25) is 0 Å². The van der Waals surface area contributed by atoms with Crippen molar-refractivity contribution in [2.24, 2.45) is 0 Å². The largest absolute Gasteiger partial charge is 0.398 e. The summed E-state index contributed by atoms with van der Waals surface area (Å²) in [5.74, 6) is -0.698. The molecular formula is C14H14ClFN2O2S. The van der Waals surface area contributed by atoms with Crippen molar-refractivity contribution in [3.63, 3.8) is 0 Å². The van der Waals surface area contributed by atoms with E-state index in [0.29, 0.717) is 5.69 Å². The molecule has 112 valence electrons. The highest BCUT2D eigenvalue weighted by Crippen LogP contribution is 2.25. The topological polar surface area (TPSA) is 72.2 Å². The number of sulfonamides is 1. The zero-order valence-electron chi connectivity index (χ0n) is 11.4. The van der Waals surface area contributed by atoms with Crippen molar-refractivity contribution in [1.29, 1.82) is 0 Å². The van der Waals surface area contributed by atoms with E-state index >= 15 is 0 Å². The number of hydrogen-bond donors (Lipinski definition) is 2. The molecule has 0 radical (unpaired) electrons. The first-order valence-electron chi connectivity index (χ1n) is 6.05. The van der Waals surface area contributed by atoms with Crippen molar-refractivity contribution in [1.82, 2.24) is 0 Å². The quantitative estimate of drug-likeness (QED) is 0.847. The van der Waals surface area contributed by atoms with Gasteiger partial charge in [0.1, 0.15) is 5.82 Å². The molecule has 0 bridgehead atoms. The molecule has 0 atom stereocenters. The number of rotatable bonds is 3. The molecule has 0 aromatic heterocycles. The van der Waals surface area contributed by atoms with Crippen molar-refractivity contribution in [2.75, 3.05) is 10.5 Å². The van der Waals surface area contributed by atoms with Gasteiger partial charge in [-0.05, 0) is 55.3 Å². The smallest absolute Gasteiger partial charge is 0.261 e. The third kappa shape index (κ3) is 3.28. The first-order valence-corrected chi connectivity index (χ1v) is 7.91.